The number of rotatable bonds is 14. The summed E-state index contributed by atoms with van der Waals surface area (Å²) in [6.45, 7) is 1.42. The summed E-state index contributed by atoms with van der Waals surface area (Å²) in [6.07, 6.45) is 14.3. The Balaban J connectivity index is 1.28. The van der Waals surface area contributed by atoms with Crippen molar-refractivity contribution in [3.8, 4) is 0 Å². The number of halogens is 1. The lowest BCUT2D eigenvalue weighted by molar-refractivity contribution is 0.477. The van der Waals surface area contributed by atoms with E-state index in [1.54, 1.807) is 23.5 Å². The van der Waals surface area contributed by atoms with Crippen LogP contribution in [0.25, 0.3) is 0 Å². The first-order chi connectivity index (χ1) is 22.0. The number of fused-ring (bicyclic) bond motifs is 2. The van der Waals surface area contributed by atoms with Crippen LogP contribution in [0.4, 0.5) is 11.4 Å². The smallest absolute Gasteiger partial charge is 0.264 e. The van der Waals surface area contributed by atoms with Gasteiger partial charge < -0.3 is 9.80 Å². The predicted octanol–water partition coefficient (Wildman–Crippen LogP) is 8.26. The highest BCUT2D eigenvalue weighted by Crippen LogP contribution is 2.47. The Morgan fingerprint density at radius 3 is 2.20 bits per heavy atom. The Labute approximate surface area is 286 Å². The normalized spacial score (nSPS) is 20.4. The minimum atomic E-state index is -3.97. The zero-order valence-electron chi connectivity index (χ0n) is 25.4. The van der Waals surface area contributed by atoms with E-state index < -0.39 is 20.2 Å². The molecule has 0 aromatic heterocycles. The average molecular weight is 723 g/mol. The van der Waals surface area contributed by atoms with E-state index in [2.05, 4.69) is 58.4 Å². The Kier molecular flexibility index (Phi) is 12.1. The standard InChI is InChI=1S/C33H39ClN2O6S4/c34-33-25(17-19-31-35(21-6-1-8-23-45(37,38)39)27-13-2-4-15-29(27)43-31)11-10-12-26(33)18-20-32-36(22-7-9-24-46(40,41)42)28-14-3-5-16-30(28)44-32/h2-5,13-20,32H,1,6-12,21-24H2,(H,37,38,39)(H,40,41,42). The van der Waals surface area contributed by atoms with Crippen LogP contribution in [0.5, 0.6) is 0 Å². The zero-order valence-corrected chi connectivity index (χ0v) is 29.4. The summed E-state index contributed by atoms with van der Waals surface area (Å²) in [5, 5.41) is 1.92. The SMILES string of the molecule is O=S(=O)(O)CCCCCN1C(=CC=C2CCCC(C=CC3Sc4ccccc4N3CCCCS(=O)(=O)O)=C2Cl)Sc2ccccc21. The third kappa shape index (κ3) is 9.68. The number of thioether (sulfide) groups is 2. The van der Waals surface area contributed by atoms with Crippen LogP contribution in [-0.4, -0.2) is 55.9 Å². The molecule has 0 radical (unpaired) electrons. The second-order valence-electron chi connectivity index (χ2n) is 11.5. The van der Waals surface area contributed by atoms with Crippen LogP contribution >= 0.6 is 35.1 Å². The Bertz CT molecular complexity index is 1750. The van der Waals surface area contributed by atoms with Gasteiger partial charge in [-0.25, -0.2) is 0 Å². The third-order valence-corrected chi connectivity index (χ3v) is 12.5. The van der Waals surface area contributed by atoms with E-state index >= 15 is 0 Å². The van der Waals surface area contributed by atoms with Crippen molar-refractivity contribution in [3.05, 3.63) is 94.0 Å². The largest absolute Gasteiger partial charge is 0.355 e. The molecule has 0 spiro atoms. The minimum Gasteiger partial charge on any atom is -0.355 e. The van der Waals surface area contributed by atoms with Crippen molar-refractivity contribution < 1.29 is 25.9 Å². The van der Waals surface area contributed by atoms with Crippen molar-refractivity contribution in [2.24, 2.45) is 0 Å². The van der Waals surface area contributed by atoms with E-state index in [-0.39, 0.29) is 16.9 Å². The summed E-state index contributed by atoms with van der Waals surface area (Å²) in [5.74, 6) is -0.445. The van der Waals surface area contributed by atoms with Crippen LogP contribution < -0.4 is 9.80 Å². The van der Waals surface area contributed by atoms with E-state index in [0.29, 0.717) is 32.2 Å². The van der Waals surface area contributed by atoms with Gasteiger partial charge in [0.05, 0.1) is 33.3 Å². The highest BCUT2D eigenvalue weighted by molar-refractivity contribution is 8.03. The molecule has 8 nitrogen and oxygen atoms in total. The van der Waals surface area contributed by atoms with Gasteiger partial charge in [0, 0.05) is 27.9 Å². The maximum atomic E-state index is 11.2. The highest BCUT2D eigenvalue weighted by Gasteiger charge is 2.28. The second-order valence-corrected chi connectivity index (χ2v) is 17.2. The van der Waals surface area contributed by atoms with Gasteiger partial charge in [-0.15, -0.1) is 0 Å². The summed E-state index contributed by atoms with van der Waals surface area (Å²) < 4.78 is 62.7. The molecule has 13 heteroatoms. The Hall–Kier alpha value is -2.19. The Morgan fingerprint density at radius 2 is 1.46 bits per heavy atom. The molecule has 46 heavy (non-hydrogen) atoms. The molecule has 2 aromatic rings. The van der Waals surface area contributed by atoms with Crippen LogP contribution in [0.3, 0.4) is 0 Å². The molecule has 248 valence electrons. The van der Waals surface area contributed by atoms with Crippen molar-refractivity contribution in [2.75, 3.05) is 34.4 Å². The van der Waals surface area contributed by atoms with Gasteiger partial charge in [-0.05, 0) is 86.4 Å². The molecule has 0 saturated carbocycles. The molecule has 0 amide bonds. The molecular formula is C33H39ClN2O6S4. The maximum absolute atomic E-state index is 11.2. The van der Waals surface area contributed by atoms with Crippen molar-refractivity contribution >= 4 is 66.7 Å². The lowest BCUT2D eigenvalue weighted by atomic mass is 9.94. The zero-order chi connectivity index (χ0) is 32.7. The molecule has 2 heterocycles. The van der Waals surface area contributed by atoms with E-state index in [1.165, 1.54) is 9.79 Å². The molecule has 1 aliphatic carbocycles. The van der Waals surface area contributed by atoms with E-state index in [9.17, 15) is 16.8 Å². The van der Waals surface area contributed by atoms with Crippen LogP contribution in [0.2, 0.25) is 0 Å². The molecule has 3 aliphatic rings. The molecule has 2 aliphatic heterocycles. The number of allylic oxidation sites excluding steroid dienone is 6. The number of benzene rings is 2. The number of anilines is 2. The van der Waals surface area contributed by atoms with E-state index in [1.807, 2.05) is 24.3 Å². The van der Waals surface area contributed by atoms with Gasteiger partial charge in [-0.3, -0.25) is 9.11 Å². The summed E-state index contributed by atoms with van der Waals surface area (Å²) in [5.41, 5.74) is 4.45. The fraction of sp³-hybridized carbons (Fsp3) is 0.394. The highest BCUT2D eigenvalue weighted by atomic mass is 35.5. The maximum Gasteiger partial charge on any atom is 0.264 e. The van der Waals surface area contributed by atoms with Crippen molar-refractivity contribution in [3.63, 3.8) is 0 Å². The van der Waals surface area contributed by atoms with Crippen molar-refractivity contribution in [1.29, 1.82) is 0 Å². The quantitative estimate of drug-likeness (QED) is 0.146. The monoisotopic (exact) mass is 722 g/mol. The molecule has 2 N–H and O–H groups in total. The first-order valence-corrected chi connectivity index (χ1v) is 20.7. The molecule has 1 unspecified atom stereocenters. The summed E-state index contributed by atoms with van der Waals surface area (Å²) in [6, 6.07) is 16.5. The molecule has 1 atom stereocenters. The second kappa shape index (κ2) is 15.8. The fourth-order valence-electron chi connectivity index (χ4n) is 5.80. The van der Waals surface area contributed by atoms with Crippen molar-refractivity contribution in [2.45, 2.75) is 66.5 Å². The van der Waals surface area contributed by atoms with Gasteiger partial charge in [0.1, 0.15) is 0 Å². The van der Waals surface area contributed by atoms with Crippen molar-refractivity contribution in [1.82, 2.24) is 0 Å². The van der Waals surface area contributed by atoms with Gasteiger partial charge in [0.15, 0.2) is 0 Å². The Morgan fingerprint density at radius 1 is 0.804 bits per heavy atom. The molecule has 0 bridgehead atoms. The van der Waals surface area contributed by atoms with Crippen LogP contribution in [0.15, 0.2) is 104 Å². The lowest BCUT2D eigenvalue weighted by Crippen LogP contribution is -2.29. The topological polar surface area (TPSA) is 115 Å². The molecular weight excluding hydrogens is 684 g/mol. The average Bonchev–Trinajstić information content (AvgIpc) is 3.54. The van der Waals surface area contributed by atoms with Gasteiger partial charge in [0.25, 0.3) is 20.2 Å². The lowest BCUT2D eigenvalue weighted by Gasteiger charge is -2.25. The van der Waals surface area contributed by atoms with Crippen LogP contribution in [-0.2, 0) is 20.2 Å². The first-order valence-electron chi connectivity index (χ1n) is 15.4. The number of nitrogens with zero attached hydrogens (tertiary/aromatic N) is 2. The minimum absolute atomic E-state index is 0.0519. The predicted molar refractivity (Wildman–Crippen MR) is 191 cm³/mol. The molecule has 2 aromatic carbocycles. The van der Waals surface area contributed by atoms with E-state index in [4.69, 9.17) is 20.7 Å². The summed E-state index contributed by atoms with van der Waals surface area (Å²) >= 11 is 10.5. The summed E-state index contributed by atoms with van der Waals surface area (Å²) in [7, 11) is -7.90. The van der Waals surface area contributed by atoms with Crippen LogP contribution in [0.1, 0.15) is 51.4 Å². The van der Waals surface area contributed by atoms with E-state index in [0.717, 1.165) is 64.8 Å². The number of para-hydroxylation sites is 2. The van der Waals surface area contributed by atoms with Gasteiger partial charge in [-0.2, -0.15) is 16.8 Å². The summed E-state index contributed by atoms with van der Waals surface area (Å²) in [4.78, 5) is 6.91. The van der Waals surface area contributed by atoms with Gasteiger partial charge >= 0.3 is 0 Å². The van der Waals surface area contributed by atoms with Gasteiger partial charge in [-0.1, -0.05) is 84.0 Å². The molecule has 0 saturated heterocycles. The number of unbranched alkanes of at least 4 members (excludes halogenated alkanes) is 3. The van der Waals surface area contributed by atoms with Crippen LogP contribution in [0, 0.1) is 0 Å². The number of hydrogen-bond donors (Lipinski definition) is 2. The first kappa shape index (κ1) is 35.1. The molecule has 5 rings (SSSR count). The molecule has 0 fully saturated rings. The fourth-order valence-corrected chi connectivity index (χ4v) is 9.57. The third-order valence-electron chi connectivity index (χ3n) is 8.05. The van der Waals surface area contributed by atoms with Gasteiger partial charge in [0.2, 0.25) is 0 Å². The number of hydrogen-bond acceptors (Lipinski definition) is 8.